The average Bonchev–Trinajstić information content (AvgIpc) is 2.73. The molecule has 0 saturated heterocycles. The first-order valence-electron chi connectivity index (χ1n) is 6.44. The number of carbonyl (C=O) groups excluding carboxylic acids is 1. The van der Waals surface area contributed by atoms with Gasteiger partial charge in [-0.25, -0.2) is 0 Å². The van der Waals surface area contributed by atoms with Gasteiger partial charge in [0, 0.05) is 16.8 Å². The zero-order valence-electron chi connectivity index (χ0n) is 10.9. The van der Waals surface area contributed by atoms with Crippen molar-refractivity contribution < 1.29 is 4.79 Å². The molecule has 102 valence electrons. The summed E-state index contributed by atoms with van der Waals surface area (Å²) in [6.07, 6.45) is 0.868. The van der Waals surface area contributed by atoms with Gasteiger partial charge in [0.2, 0.25) is 0 Å². The molecule has 0 N–H and O–H groups in total. The minimum absolute atomic E-state index is 0.0795. The fraction of sp³-hybridized carbons (Fsp3) is 0.188. The van der Waals surface area contributed by atoms with Crippen molar-refractivity contribution in [3.8, 4) is 0 Å². The van der Waals surface area contributed by atoms with Crippen molar-refractivity contribution in [2.45, 2.75) is 19.4 Å². The maximum atomic E-state index is 12.8. The molecule has 1 aliphatic rings. The monoisotopic (exact) mass is 305 g/mol. The van der Waals surface area contributed by atoms with Crippen LogP contribution in [0, 0.1) is 0 Å². The number of fused-ring (bicyclic) bond motifs is 1. The number of nitrogens with zero attached hydrogens (tertiary/aromatic N) is 1. The third kappa shape index (κ3) is 2.19. The third-order valence-electron chi connectivity index (χ3n) is 3.59. The Balaban J connectivity index is 2.03. The van der Waals surface area contributed by atoms with E-state index >= 15 is 0 Å². The summed E-state index contributed by atoms with van der Waals surface area (Å²) in [5.41, 5.74) is 2.65. The Kier molecular flexibility index (Phi) is 3.45. The average molecular weight is 306 g/mol. The molecule has 0 unspecified atom stereocenters. The van der Waals surface area contributed by atoms with Crippen molar-refractivity contribution in [1.82, 2.24) is 0 Å². The molecular weight excluding hydrogens is 293 g/mol. The molecule has 0 fully saturated rings. The second-order valence-corrected chi connectivity index (χ2v) is 5.82. The highest BCUT2D eigenvalue weighted by Crippen LogP contribution is 2.34. The van der Waals surface area contributed by atoms with Gasteiger partial charge in [-0.1, -0.05) is 41.4 Å². The summed E-state index contributed by atoms with van der Waals surface area (Å²) in [7, 11) is 0. The van der Waals surface area contributed by atoms with Gasteiger partial charge in [-0.15, -0.1) is 0 Å². The smallest absolute Gasteiger partial charge is 0.260 e. The molecular formula is C16H13Cl2NO. The standard InChI is InChI=1S/C16H13Cl2NO/c1-10-8-11-4-2-3-5-15(11)19(10)16(20)13-7-6-12(17)9-14(13)18/h2-7,9-10H,8H2,1H3/t10-/m1/s1. The Morgan fingerprint density at radius 1 is 1.20 bits per heavy atom. The zero-order chi connectivity index (χ0) is 14.3. The van der Waals surface area contributed by atoms with Crippen LogP contribution in [0.3, 0.4) is 0 Å². The largest absolute Gasteiger partial charge is 0.305 e. The highest BCUT2D eigenvalue weighted by Gasteiger charge is 2.31. The molecule has 0 radical (unpaired) electrons. The van der Waals surface area contributed by atoms with Crippen molar-refractivity contribution >= 4 is 34.8 Å². The van der Waals surface area contributed by atoms with Crippen LogP contribution in [-0.4, -0.2) is 11.9 Å². The van der Waals surface area contributed by atoms with Crippen LogP contribution >= 0.6 is 23.2 Å². The maximum absolute atomic E-state index is 12.8. The lowest BCUT2D eigenvalue weighted by Crippen LogP contribution is -2.35. The van der Waals surface area contributed by atoms with Crippen molar-refractivity contribution in [3.05, 3.63) is 63.6 Å². The summed E-state index contributed by atoms with van der Waals surface area (Å²) in [6.45, 7) is 2.04. The number of para-hydroxylation sites is 1. The fourth-order valence-electron chi connectivity index (χ4n) is 2.67. The SMILES string of the molecule is C[C@@H]1Cc2ccccc2N1C(=O)c1ccc(Cl)cc1Cl. The van der Waals surface area contributed by atoms with Gasteiger partial charge in [0.15, 0.2) is 0 Å². The Labute approximate surface area is 127 Å². The van der Waals surface area contributed by atoms with Gasteiger partial charge in [0.25, 0.3) is 5.91 Å². The molecule has 2 nitrogen and oxygen atoms in total. The van der Waals surface area contributed by atoms with E-state index in [0.717, 1.165) is 12.1 Å². The van der Waals surface area contributed by atoms with Gasteiger partial charge in [-0.2, -0.15) is 0 Å². The lowest BCUT2D eigenvalue weighted by Gasteiger charge is -2.23. The quantitative estimate of drug-likeness (QED) is 0.755. The molecule has 0 bridgehead atoms. The zero-order valence-corrected chi connectivity index (χ0v) is 12.4. The number of rotatable bonds is 1. The molecule has 1 heterocycles. The van der Waals surface area contributed by atoms with Crippen LogP contribution in [0.25, 0.3) is 0 Å². The highest BCUT2D eigenvalue weighted by atomic mass is 35.5. The van der Waals surface area contributed by atoms with E-state index in [4.69, 9.17) is 23.2 Å². The molecule has 0 aliphatic carbocycles. The van der Waals surface area contributed by atoms with Gasteiger partial charge < -0.3 is 4.90 Å². The molecule has 20 heavy (non-hydrogen) atoms. The molecule has 1 atom stereocenters. The Morgan fingerprint density at radius 2 is 1.95 bits per heavy atom. The Bertz CT molecular complexity index is 684. The summed E-state index contributed by atoms with van der Waals surface area (Å²) in [4.78, 5) is 14.6. The molecule has 0 aromatic heterocycles. The lowest BCUT2D eigenvalue weighted by atomic mass is 10.1. The topological polar surface area (TPSA) is 20.3 Å². The third-order valence-corrected chi connectivity index (χ3v) is 4.14. The van der Waals surface area contributed by atoms with Crippen LogP contribution in [0.2, 0.25) is 10.0 Å². The van der Waals surface area contributed by atoms with Crippen molar-refractivity contribution in [1.29, 1.82) is 0 Å². The Hall–Kier alpha value is -1.51. The van der Waals surface area contributed by atoms with E-state index in [2.05, 4.69) is 6.07 Å². The predicted octanol–water partition coefficient (Wildman–Crippen LogP) is 4.58. The van der Waals surface area contributed by atoms with E-state index < -0.39 is 0 Å². The molecule has 0 spiro atoms. The molecule has 1 aliphatic heterocycles. The highest BCUT2D eigenvalue weighted by molar-refractivity contribution is 6.37. The molecule has 3 rings (SSSR count). The fourth-order valence-corrected chi connectivity index (χ4v) is 3.16. The van der Waals surface area contributed by atoms with E-state index in [1.807, 2.05) is 30.0 Å². The van der Waals surface area contributed by atoms with Crippen molar-refractivity contribution in [2.24, 2.45) is 0 Å². The molecule has 1 amide bonds. The molecule has 2 aromatic carbocycles. The number of anilines is 1. The maximum Gasteiger partial charge on any atom is 0.260 e. The van der Waals surface area contributed by atoms with E-state index in [9.17, 15) is 4.79 Å². The minimum Gasteiger partial charge on any atom is -0.305 e. The number of amides is 1. The van der Waals surface area contributed by atoms with Crippen LogP contribution in [-0.2, 0) is 6.42 Å². The molecule has 2 aromatic rings. The van der Waals surface area contributed by atoms with Crippen LogP contribution in [0.5, 0.6) is 0 Å². The minimum atomic E-state index is -0.0795. The van der Waals surface area contributed by atoms with E-state index in [-0.39, 0.29) is 11.9 Å². The van der Waals surface area contributed by atoms with Gasteiger partial charge in [-0.3, -0.25) is 4.79 Å². The van der Waals surface area contributed by atoms with E-state index in [1.165, 1.54) is 5.56 Å². The van der Waals surface area contributed by atoms with Gasteiger partial charge in [0.05, 0.1) is 10.6 Å². The second-order valence-electron chi connectivity index (χ2n) is 4.98. The van der Waals surface area contributed by atoms with Gasteiger partial charge in [0.1, 0.15) is 0 Å². The number of hydrogen-bond donors (Lipinski definition) is 0. The number of halogens is 2. The van der Waals surface area contributed by atoms with Crippen LogP contribution in [0.15, 0.2) is 42.5 Å². The van der Waals surface area contributed by atoms with Crippen molar-refractivity contribution in [2.75, 3.05) is 4.90 Å². The summed E-state index contributed by atoms with van der Waals surface area (Å²) in [6, 6.07) is 13.1. The lowest BCUT2D eigenvalue weighted by molar-refractivity contribution is 0.0981. The molecule has 0 saturated carbocycles. The van der Waals surface area contributed by atoms with Gasteiger partial charge >= 0.3 is 0 Å². The van der Waals surface area contributed by atoms with Gasteiger partial charge in [-0.05, 0) is 43.2 Å². The normalized spacial score (nSPS) is 17.1. The van der Waals surface area contributed by atoms with Crippen LogP contribution in [0.1, 0.15) is 22.8 Å². The van der Waals surface area contributed by atoms with Crippen molar-refractivity contribution in [3.63, 3.8) is 0 Å². The van der Waals surface area contributed by atoms with E-state index in [1.54, 1.807) is 18.2 Å². The van der Waals surface area contributed by atoms with E-state index in [0.29, 0.717) is 15.6 Å². The van der Waals surface area contributed by atoms with Crippen LogP contribution in [0.4, 0.5) is 5.69 Å². The number of hydrogen-bond acceptors (Lipinski definition) is 1. The first-order valence-corrected chi connectivity index (χ1v) is 7.20. The second kappa shape index (κ2) is 5.12. The first kappa shape index (κ1) is 13.5. The first-order chi connectivity index (χ1) is 9.58. The summed E-state index contributed by atoms with van der Waals surface area (Å²) in [5.74, 6) is -0.0795. The molecule has 4 heteroatoms. The summed E-state index contributed by atoms with van der Waals surface area (Å²) in [5, 5.41) is 0.917. The summed E-state index contributed by atoms with van der Waals surface area (Å²) < 4.78 is 0. The number of benzene rings is 2. The predicted molar refractivity (Wildman–Crippen MR) is 82.9 cm³/mol. The number of carbonyl (C=O) groups is 1. The van der Waals surface area contributed by atoms with Crippen LogP contribution < -0.4 is 4.90 Å². The summed E-state index contributed by atoms with van der Waals surface area (Å²) >= 11 is 12.0. The Morgan fingerprint density at radius 3 is 2.70 bits per heavy atom.